The topological polar surface area (TPSA) is 55.9 Å². The summed E-state index contributed by atoms with van der Waals surface area (Å²) < 4.78 is 4.54. The lowest BCUT2D eigenvalue weighted by Crippen LogP contribution is -2.17. The highest BCUT2D eigenvalue weighted by Gasteiger charge is 2.29. The van der Waals surface area contributed by atoms with Crippen molar-refractivity contribution in [3.8, 4) is 62.0 Å². The average molecular weight is 793 g/mol. The summed E-state index contributed by atoms with van der Waals surface area (Å²) >= 11 is 0. The van der Waals surface area contributed by atoms with Crippen LogP contribution in [0.2, 0.25) is 0 Å². The van der Waals surface area contributed by atoms with E-state index < -0.39 is 0 Å². The first-order chi connectivity index (χ1) is 29.5. The summed E-state index contributed by atoms with van der Waals surface area (Å²) in [7, 11) is 0. The highest BCUT2D eigenvalue weighted by atomic mass is 16.3. The van der Waals surface area contributed by atoms with E-state index in [2.05, 4.69) is 214 Å². The molecule has 3 aromatic heterocycles. The number of hydrogen-bond donors (Lipinski definition) is 1. The summed E-state index contributed by atoms with van der Waals surface area (Å²) in [4.78, 5) is 10.7. The van der Waals surface area contributed by atoms with Gasteiger partial charge in [-0.15, -0.1) is 0 Å². The quantitative estimate of drug-likeness (QED) is 0.182. The maximum atomic E-state index is 12.3. The van der Waals surface area contributed by atoms with Crippen LogP contribution in [-0.4, -0.2) is 24.2 Å². The van der Waals surface area contributed by atoms with Crippen molar-refractivity contribution in [2.24, 2.45) is 0 Å². The second-order valence-corrected chi connectivity index (χ2v) is 18.1. The Morgan fingerprint density at radius 2 is 1.08 bits per heavy atom. The highest BCUT2D eigenvalue weighted by Crippen LogP contribution is 2.45. The molecule has 0 unspecified atom stereocenters. The van der Waals surface area contributed by atoms with E-state index in [0.717, 1.165) is 88.9 Å². The maximum Gasteiger partial charge on any atom is 0.149 e. The van der Waals surface area contributed by atoms with E-state index in [4.69, 9.17) is 9.97 Å². The minimum absolute atomic E-state index is 0.157. The van der Waals surface area contributed by atoms with E-state index in [1.165, 1.54) is 0 Å². The molecular weight excluding hydrogens is 745 g/mol. The molecule has 0 saturated carbocycles. The first kappa shape index (κ1) is 38.0. The molecule has 0 radical (unpaired) electrons. The van der Waals surface area contributed by atoms with Crippen molar-refractivity contribution in [3.05, 3.63) is 187 Å². The second-order valence-electron chi connectivity index (χ2n) is 18.1. The first-order valence-electron chi connectivity index (χ1n) is 21.1. The Morgan fingerprint density at radius 1 is 0.475 bits per heavy atom. The molecule has 61 heavy (non-hydrogen) atoms. The number of hydrogen-bond acceptors (Lipinski definition) is 3. The summed E-state index contributed by atoms with van der Waals surface area (Å²) in [5, 5.41) is 14.5. The minimum atomic E-state index is -0.298. The number of imidazole rings is 1. The molecule has 10 rings (SSSR count). The number of rotatable bonds is 6. The first-order valence-corrected chi connectivity index (χ1v) is 21.1. The van der Waals surface area contributed by atoms with Gasteiger partial charge >= 0.3 is 0 Å². The number of aromatic hydroxyl groups is 1. The van der Waals surface area contributed by atoms with Gasteiger partial charge in [0.1, 0.15) is 11.6 Å². The molecule has 0 bridgehead atoms. The molecule has 0 aliphatic carbocycles. The van der Waals surface area contributed by atoms with Gasteiger partial charge in [-0.1, -0.05) is 145 Å². The number of phenols is 1. The number of para-hydroxylation sites is 4. The Balaban J connectivity index is 1.27. The van der Waals surface area contributed by atoms with Gasteiger partial charge in [-0.3, -0.25) is 9.55 Å². The highest BCUT2D eigenvalue weighted by molar-refractivity contribution is 6.15. The summed E-state index contributed by atoms with van der Waals surface area (Å²) in [5.74, 6) is 0.957. The van der Waals surface area contributed by atoms with Crippen molar-refractivity contribution in [2.45, 2.75) is 52.4 Å². The van der Waals surface area contributed by atoms with Gasteiger partial charge < -0.3 is 9.67 Å². The third-order valence-electron chi connectivity index (χ3n) is 11.9. The van der Waals surface area contributed by atoms with E-state index in [1.54, 1.807) is 0 Å². The predicted octanol–water partition coefficient (Wildman–Crippen LogP) is 14.5. The van der Waals surface area contributed by atoms with Gasteiger partial charge in [0.05, 0.1) is 33.3 Å². The van der Waals surface area contributed by atoms with Crippen LogP contribution in [0.15, 0.2) is 176 Å². The summed E-state index contributed by atoms with van der Waals surface area (Å²) in [5.41, 5.74) is 14.6. The molecule has 5 nitrogen and oxygen atoms in total. The fourth-order valence-corrected chi connectivity index (χ4v) is 8.87. The maximum absolute atomic E-state index is 12.3. The van der Waals surface area contributed by atoms with Crippen LogP contribution in [0.3, 0.4) is 0 Å². The van der Waals surface area contributed by atoms with Gasteiger partial charge in [0.15, 0.2) is 0 Å². The number of pyridine rings is 1. The van der Waals surface area contributed by atoms with Crippen LogP contribution in [0.5, 0.6) is 5.75 Å². The molecule has 0 saturated heterocycles. The van der Waals surface area contributed by atoms with E-state index in [0.29, 0.717) is 11.4 Å². The largest absolute Gasteiger partial charge is 0.507 e. The van der Waals surface area contributed by atoms with Crippen LogP contribution in [0.4, 0.5) is 0 Å². The number of phenolic OH excluding ortho intramolecular Hbond substituents is 1. The summed E-state index contributed by atoms with van der Waals surface area (Å²) in [6, 6.07) is 59.8. The van der Waals surface area contributed by atoms with E-state index in [9.17, 15) is 5.11 Å². The van der Waals surface area contributed by atoms with Gasteiger partial charge in [-0.05, 0) is 99.8 Å². The van der Waals surface area contributed by atoms with Crippen LogP contribution >= 0.6 is 0 Å². The third kappa shape index (κ3) is 6.58. The van der Waals surface area contributed by atoms with Gasteiger partial charge in [0, 0.05) is 45.0 Å². The van der Waals surface area contributed by atoms with Crippen LogP contribution in [0, 0.1) is 0 Å². The fourth-order valence-electron chi connectivity index (χ4n) is 8.87. The van der Waals surface area contributed by atoms with Crippen molar-refractivity contribution >= 4 is 32.8 Å². The van der Waals surface area contributed by atoms with Crippen molar-refractivity contribution in [1.82, 2.24) is 19.1 Å². The number of fused-ring (bicyclic) bond motifs is 4. The van der Waals surface area contributed by atoms with Gasteiger partial charge in [-0.25, -0.2) is 4.98 Å². The Hall–Kier alpha value is -7.24. The molecule has 0 aliphatic rings. The van der Waals surface area contributed by atoms with Gasteiger partial charge in [0.2, 0.25) is 0 Å². The van der Waals surface area contributed by atoms with Crippen molar-refractivity contribution in [1.29, 1.82) is 0 Å². The molecule has 1 N–H and O–H groups in total. The van der Waals surface area contributed by atoms with E-state index in [1.807, 2.05) is 12.3 Å². The lowest BCUT2D eigenvalue weighted by molar-refractivity contribution is 0.446. The molecule has 298 valence electrons. The molecule has 10 aromatic rings. The van der Waals surface area contributed by atoms with Crippen molar-refractivity contribution in [2.75, 3.05) is 0 Å². The zero-order valence-electron chi connectivity index (χ0n) is 35.5. The zero-order chi connectivity index (χ0) is 42.0. The van der Waals surface area contributed by atoms with Crippen molar-refractivity contribution in [3.63, 3.8) is 0 Å². The Morgan fingerprint density at radius 3 is 1.77 bits per heavy atom. The van der Waals surface area contributed by atoms with E-state index >= 15 is 0 Å². The van der Waals surface area contributed by atoms with Gasteiger partial charge in [0.25, 0.3) is 0 Å². The molecule has 3 heterocycles. The normalized spacial score (nSPS) is 12.2. The molecule has 0 spiro atoms. The molecule has 0 fully saturated rings. The number of aromatic nitrogens is 4. The smallest absolute Gasteiger partial charge is 0.149 e. The van der Waals surface area contributed by atoms with Crippen LogP contribution in [0.1, 0.15) is 52.7 Å². The van der Waals surface area contributed by atoms with Crippen molar-refractivity contribution < 1.29 is 5.11 Å². The number of nitrogens with zero attached hydrogens (tertiary/aromatic N) is 4. The minimum Gasteiger partial charge on any atom is -0.507 e. The lowest BCUT2D eigenvalue weighted by atomic mass is 9.79. The zero-order valence-corrected chi connectivity index (χ0v) is 35.5. The summed E-state index contributed by atoms with van der Waals surface area (Å²) in [6.45, 7) is 13.1. The SMILES string of the molecule is CC(C)(C)c1cc(-c2nc3c(-c4cc(-c5ccccc5)cc(-c5nccc6c5c5ccccc5n6-c5ccccc5)c4)cccc3n2-c2ccccc2)c(O)c(C(C)(C)C)c1. The molecule has 5 heteroatoms. The standard InChI is InChI=1S/C56H48N4O/c1-55(2,3)40-34-45(53(61)46(35-40)56(4,5)6)54-58-52-43(26-18-28-49(52)60(54)42-23-14-9-15-24-42)38-31-37(36-19-10-7-11-20-36)32-39(33-38)51-50-44-25-16-17-27-47(44)59(48(50)29-30-57-51)41-21-12-8-13-22-41/h7-35,61H,1-6H3. The van der Waals surface area contributed by atoms with Crippen LogP contribution < -0.4 is 0 Å². The Bertz CT molecular complexity index is 3250. The summed E-state index contributed by atoms with van der Waals surface area (Å²) in [6.07, 6.45) is 1.93. The van der Waals surface area contributed by atoms with Gasteiger partial charge in [-0.2, -0.15) is 0 Å². The monoisotopic (exact) mass is 792 g/mol. The van der Waals surface area contributed by atoms with E-state index in [-0.39, 0.29) is 16.6 Å². The van der Waals surface area contributed by atoms with Crippen LogP contribution in [0.25, 0.3) is 89.1 Å². The van der Waals surface area contributed by atoms with Crippen LogP contribution in [-0.2, 0) is 10.8 Å². The molecule has 0 atom stereocenters. The Labute approximate surface area is 357 Å². The third-order valence-corrected chi connectivity index (χ3v) is 11.9. The average Bonchev–Trinajstić information content (AvgIpc) is 3.83. The molecule has 0 aliphatic heterocycles. The molecular formula is C56H48N4O. The second kappa shape index (κ2) is 14.5. The number of benzene rings is 7. The predicted molar refractivity (Wildman–Crippen MR) is 254 cm³/mol. The Kier molecular flexibility index (Phi) is 9.03. The lowest BCUT2D eigenvalue weighted by Gasteiger charge is -2.27. The molecule has 0 amide bonds. The fraction of sp³-hybridized carbons (Fsp3) is 0.143. The molecule has 7 aromatic carbocycles.